The number of amides is 1. The second-order valence-electron chi connectivity index (χ2n) is 5.37. The topological polar surface area (TPSA) is 59.2 Å². The van der Waals surface area contributed by atoms with Crippen LogP contribution in [0.2, 0.25) is 0 Å². The maximum Gasteiger partial charge on any atom is 0.256 e. The zero-order valence-corrected chi connectivity index (χ0v) is 12.8. The summed E-state index contributed by atoms with van der Waals surface area (Å²) < 4.78 is 13.8. The Morgan fingerprint density at radius 3 is 2.45 bits per heavy atom. The Balaban J connectivity index is 0.00000200. The molecule has 0 spiro atoms. The van der Waals surface area contributed by atoms with Gasteiger partial charge in [-0.1, -0.05) is 0 Å². The molecule has 1 aromatic rings. The molecule has 1 aliphatic rings. The summed E-state index contributed by atoms with van der Waals surface area (Å²) in [5.74, 6) is -0.666. The molecule has 2 heterocycles. The number of nitrogens with two attached hydrogens (primary N) is 1. The van der Waals surface area contributed by atoms with Gasteiger partial charge in [-0.3, -0.25) is 9.78 Å². The average molecular weight is 302 g/mol. The highest BCUT2D eigenvalue weighted by molar-refractivity contribution is 5.94. The molecule has 4 nitrogen and oxygen atoms in total. The highest BCUT2D eigenvalue weighted by Crippen LogP contribution is 2.26. The largest absolute Gasteiger partial charge is 0.333 e. The lowest BCUT2D eigenvalue weighted by atomic mass is 10.1. The SMILES string of the molecule is C[C@@H]1CC[C@H](C)N1C(=O)c1cnc([C@@H](C)N)c(F)c1.Cl. The molecular formula is C14H21ClFN3O. The number of rotatable bonds is 2. The molecule has 6 heteroatoms. The third-order valence-electron chi connectivity index (χ3n) is 3.73. The van der Waals surface area contributed by atoms with Gasteiger partial charge in [0.15, 0.2) is 0 Å². The van der Waals surface area contributed by atoms with Crippen LogP contribution in [-0.4, -0.2) is 27.9 Å². The number of hydrogen-bond donors (Lipinski definition) is 1. The standard InChI is InChI=1S/C14H20FN3O.ClH/c1-8-4-5-9(2)18(8)14(19)11-6-12(15)13(10(3)16)17-7-11;/h6-10H,4-5,16H2,1-3H3;1H/t8-,9+,10-;/m1./s1. The number of nitrogens with zero attached hydrogens (tertiary/aromatic N) is 2. The first-order valence-electron chi connectivity index (χ1n) is 6.65. The van der Waals surface area contributed by atoms with Crippen LogP contribution in [0.3, 0.4) is 0 Å². The van der Waals surface area contributed by atoms with Gasteiger partial charge in [0.25, 0.3) is 5.91 Å². The van der Waals surface area contributed by atoms with Gasteiger partial charge < -0.3 is 10.6 Å². The maximum absolute atomic E-state index is 13.8. The molecule has 112 valence electrons. The van der Waals surface area contributed by atoms with Crippen LogP contribution in [0.4, 0.5) is 4.39 Å². The highest BCUT2D eigenvalue weighted by atomic mass is 35.5. The fourth-order valence-corrected chi connectivity index (χ4v) is 2.64. The van der Waals surface area contributed by atoms with Gasteiger partial charge in [-0.2, -0.15) is 0 Å². The molecule has 1 saturated heterocycles. The van der Waals surface area contributed by atoms with E-state index in [4.69, 9.17) is 5.73 Å². The van der Waals surface area contributed by atoms with Crippen molar-refractivity contribution in [1.29, 1.82) is 0 Å². The number of likely N-dealkylation sites (tertiary alicyclic amines) is 1. The molecule has 1 fully saturated rings. The van der Waals surface area contributed by atoms with Gasteiger partial charge in [0, 0.05) is 24.3 Å². The number of carbonyl (C=O) groups is 1. The van der Waals surface area contributed by atoms with E-state index in [1.165, 1.54) is 12.3 Å². The van der Waals surface area contributed by atoms with E-state index in [1.807, 2.05) is 18.7 Å². The van der Waals surface area contributed by atoms with Crippen LogP contribution in [0.15, 0.2) is 12.3 Å². The molecule has 0 radical (unpaired) electrons. The molecule has 0 aliphatic carbocycles. The van der Waals surface area contributed by atoms with Crippen molar-refractivity contribution in [1.82, 2.24) is 9.88 Å². The number of halogens is 2. The predicted octanol–water partition coefficient (Wildman–Crippen LogP) is 2.68. The van der Waals surface area contributed by atoms with Crippen molar-refractivity contribution in [3.05, 3.63) is 29.3 Å². The van der Waals surface area contributed by atoms with Gasteiger partial charge in [-0.05, 0) is 39.7 Å². The minimum absolute atomic E-state index is 0. The Morgan fingerprint density at radius 1 is 1.45 bits per heavy atom. The summed E-state index contributed by atoms with van der Waals surface area (Å²) in [6.45, 7) is 5.69. The van der Waals surface area contributed by atoms with Gasteiger partial charge in [-0.15, -0.1) is 12.4 Å². The van der Waals surface area contributed by atoms with Crippen LogP contribution in [-0.2, 0) is 0 Å². The smallest absolute Gasteiger partial charge is 0.256 e. The van der Waals surface area contributed by atoms with Gasteiger partial charge in [0.1, 0.15) is 5.82 Å². The van der Waals surface area contributed by atoms with Crippen molar-refractivity contribution in [3.8, 4) is 0 Å². The third kappa shape index (κ3) is 3.10. The molecule has 20 heavy (non-hydrogen) atoms. The lowest BCUT2D eigenvalue weighted by molar-refractivity contribution is 0.0691. The quantitative estimate of drug-likeness (QED) is 0.913. The molecule has 1 amide bonds. The van der Waals surface area contributed by atoms with E-state index in [0.717, 1.165) is 12.8 Å². The van der Waals surface area contributed by atoms with E-state index in [0.29, 0.717) is 5.56 Å². The van der Waals surface area contributed by atoms with Gasteiger partial charge >= 0.3 is 0 Å². The van der Waals surface area contributed by atoms with E-state index in [9.17, 15) is 9.18 Å². The van der Waals surface area contributed by atoms with Crippen molar-refractivity contribution >= 4 is 18.3 Å². The first-order chi connectivity index (χ1) is 8.91. The van der Waals surface area contributed by atoms with Crippen LogP contribution in [0.1, 0.15) is 55.7 Å². The fourth-order valence-electron chi connectivity index (χ4n) is 2.64. The summed E-state index contributed by atoms with van der Waals surface area (Å²) in [6, 6.07) is 1.15. The van der Waals surface area contributed by atoms with Gasteiger partial charge in [-0.25, -0.2) is 4.39 Å². The van der Waals surface area contributed by atoms with Crippen molar-refractivity contribution in [3.63, 3.8) is 0 Å². The lowest BCUT2D eigenvalue weighted by Crippen LogP contribution is -2.38. The van der Waals surface area contributed by atoms with Crippen LogP contribution >= 0.6 is 12.4 Å². The molecule has 3 atom stereocenters. The molecule has 0 bridgehead atoms. The summed E-state index contributed by atoms with van der Waals surface area (Å²) in [5, 5.41) is 0. The molecular weight excluding hydrogens is 281 g/mol. The molecule has 1 aromatic heterocycles. The van der Waals surface area contributed by atoms with Gasteiger partial charge in [0.05, 0.1) is 11.3 Å². The van der Waals surface area contributed by atoms with Crippen molar-refractivity contribution in [2.24, 2.45) is 5.73 Å². The summed E-state index contributed by atoms with van der Waals surface area (Å²) in [7, 11) is 0. The fraction of sp³-hybridized carbons (Fsp3) is 0.571. The van der Waals surface area contributed by atoms with Crippen LogP contribution < -0.4 is 5.73 Å². The Labute approximate surface area is 125 Å². The first kappa shape index (κ1) is 16.9. The Bertz CT molecular complexity index is 485. The van der Waals surface area contributed by atoms with E-state index >= 15 is 0 Å². The third-order valence-corrected chi connectivity index (χ3v) is 3.73. The second-order valence-corrected chi connectivity index (χ2v) is 5.37. The van der Waals surface area contributed by atoms with E-state index in [1.54, 1.807) is 6.92 Å². The minimum Gasteiger partial charge on any atom is -0.333 e. The normalized spacial score (nSPS) is 23.4. The predicted molar refractivity (Wildman–Crippen MR) is 78.4 cm³/mol. The second kappa shape index (κ2) is 6.50. The molecule has 2 N–H and O–H groups in total. The zero-order chi connectivity index (χ0) is 14.2. The number of aromatic nitrogens is 1. The van der Waals surface area contributed by atoms with Gasteiger partial charge in [0.2, 0.25) is 0 Å². The highest BCUT2D eigenvalue weighted by Gasteiger charge is 2.32. The van der Waals surface area contributed by atoms with E-state index < -0.39 is 11.9 Å². The minimum atomic E-state index is -0.514. The molecule has 1 aliphatic heterocycles. The van der Waals surface area contributed by atoms with Crippen LogP contribution in [0, 0.1) is 5.82 Å². The average Bonchev–Trinajstić information content (AvgIpc) is 2.67. The van der Waals surface area contributed by atoms with Crippen molar-refractivity contribution in [2.75, 3.05) is 0 Å². The monoisotopic (exact) mass is 301 g/mol. The number of carbonyl (C=O) groups excluding carboxylic acids is 1. The Morgan fingerprint density at radius 2 is 2.00 bits per heavy atom. The van der Waals surface area contributed by atoms with Crippen LogP contribution in [0.5, 0.6) is 0 Å². The lowest BCUT2D eigenvalue weighted by Gasteiger charge is -2.26. The van der Waals surface area contributed by atoms with Crippen molar-refractivity contribution < 1.29 is 9.18 Å². The Kier molecular flexibility index (Phi) is 5.48. The maximum atomic E-state index is 13.8. The summed E-state index contributed by atoms with van der Waals surface area (Å²) >= 11 is 0. The van der Waals surface area contributed by atoms with E-state index in [2.05, 4.69) is 4.98 Å². The summed E-state index contributed by atoms with van der Waals surface area (Å²) in [4.78, 5) is 18.2. The molecule has 0 unspecified atom stereocenters. The first-order valence-corrected chi connectivity index (χ1v) is 6.65. The molecule has 2 rings (SSSR count). The molecule has 0 saturated carbocycles. The summed E-state index contributed by atoms with van der Waals surface area (Å²) in [6.07, 6.45) is 3.39. The number of hydrogen-bond acceptors (Lipinski definition) is 3. The summed E-state index contributed by atoms with van der Waals surface area (Å²) in [5.41, 5.74) is 6.10. The number of pyridine rings is 1. The van der Waals surface area contributed by atoms with Crippen LogP contribution in [0.25, 0.3) is 0 Å². The zero-order valence-electron chi connectivity index (χ0n) is 12.0. The van der Waals surface area contributed by atoms with E-state index in [-0.39, 0.29) is 36.1 Å². The Hall–Kier alpha value is -1.20. The molecule has 0 aromatic carbocycles. The van der Waals surface area contributed by atoms with Crippen molar-refractivity contribution in [2.45, 2.75) is 51.7 Å².